The summed E-state index contributed by atoms with van der Waals surface area (Å²) >= 11 is 0. The summed E-state index contributed by atoms with van der Waals surface area (Å²) in [6, 6.07) is 3.67. The Balaban J connectivity index is 1.42. The van der Waals surface area contributed by atoms with Crippen LogP contribution in [0.3, 0.4) is 0 Å². The molecular formula is C23H31N5O5. The van der Waals surface area contributed by atoms with Gasteiger partial charge < -0.3 is 19.5 Å². The number of aryl methyl sites for hydroxylation is 2. The van der Waals surface area contributed by atoms with E-state index in [1.807, 2.05) is 26.0 Å². The average Bonchev–Trinajstić information content (AvgIpc) is 3.19. The van der Waals surface area contributed by atoms with E-state index in [2.05, 4.69) is 15.3 Å². The maximum Gasteiger partial charge on any atom is 0.410 e. The molecule has 33 heavy (non-hydrogen) atoms. The van der Waals surface area contributed by atoms with Crippen molar-refractivity contribution < 1.29 is 24.2 Å². The number of aliphatic carboxylic acids is 1. The lowest BCUT2D eigenvalue weighted by molar-refractivity contribution is -0.138. The van der Waals surface area contributed by atoms with Gasteiger partial charge in [-0.05, 0) is 64.0 Å². The monoisotopic (exact) mass is 457 g/mol. The Hall–Kier alpha value is -3.17. The standard InChI is InChI=1S/C23H31N5O5/c1-14-19(33-16-6-5-15(11-16)12-20(29)30)8-7-17(24-14)21-18(28(4)26-25-21)13-32-22(31)27(3)23(2)9-10-23/h7-8,15-16H,5-6,9-13H2,1-4H3,(H,29,30)/t15-,16-/m0/s1. The fourth-order valence-corrected chi connectivity index (χ4v) is 4.25. The zero-order valence-electron chi connectivity index (χ0n) is 19.6. The Kier molecular flexibility index (Phi) is 6.27. The molecule has 0 radical (unpaired) electrons. The molecule has 178 valence electrons. The van der Waals surface area contributed by atoms with Gasteiger partial charge in [-0.3, -0.25) is 4.79 Å². The van der Waals surface area contributed by atoms with E-state index < -0.39 is 5.97 Å². The fourth-order valence-electron chi connectivity index (χ4n) is 4.25. The van der Waals surface area contributed by atoms with Crippen molar-refractivity contribution in [3.05, 3.63) is 23.5 Å². The van der Waals surface area contributed by atoms with Gasteiger partial charge in [-0.25, -0.2) is 14.5 Å². The van der Waals surface area contributed by atoms with Gasteiger partial charge >= 0.3 is 12.1 Å². The van der Waals surface area contributed by atoms with E-state index in [-0.39, 0.29) is 36.7 Å². The highest BCUT2D eigenvalue weighted by Crippen LogP contribution is 2.40. The molecular weight excluding hydrogens is 426 g/mol. The van der Waals surface area contributed by atoms with Gasteiger partial charge in [0.05, 0.1) is 17.5 Å². The number of hydrogen-bond donors (Lipinski definition) is 1. The van der Waals surface area contributed by atoms with E-state index in [9.17, 15) is 9.59 Å². The van der Waals surface area contributed by atoms with E-state index >= 15 is 0 Å². The molecule has 2 aliphatic carbocycles. The number of carbonyl (C=O) groups excluding carboxylic acids is 1. The van der Waals surface area contributed by atoms with Crippen LogP contribution >= 0.6 is 0 Å². The van der Waals surface area contributed by atoms with Crippen molar-refractivity contribution >= 4 is 12.1 Å². The number of hydrogen-bond acceptors (Lipinski definition) is 7. The lowest BCUT2D eigenvalue weighted by Gasteiger charge is -2.23. The van der Waals surface area contributed by atoms with E-state index in [0.717, 1.165) is 32.1 Å². The third-order valence-corrected chi connectivity index (χ3v) is 6.86. The Bertz CT molecular complexity index is 1050. The minimum absolute atomic E-state index is 0.00231. The molecule has 0 unspecified atom stereocenters. The zero-order chi connectivity index (χ0) is 23.8. The first-order valence-electron chi connectivity index (χ1n) is 11.3. The SMILES string of the molecule is Cc1nc(-c2nnn(C)c2COC(=O)N(C)C2(C)CC2)ccc1O[C@H]1CC[C@H](CC(=O)O)C1. The Labute approximate surface area is 192 Å². The van der Waals surface area contributed by atoms with Gasteiger partial charge in [0.25, 0.3) is 0 Å². The lowest BCUT2D eigenvalue weighted by atomic mass is 10.0. The minimum Gasteiger partial charge on any atom is -0.489 e. The molecule has 1 amide bonds. The van der Waals surface area contributed by atoms with Crippen molar-refractivity contribution in [3.8, 4) is 17.1 Å². The Morgan fingerprint density at radius 3 is 2.73 bits per heavy atom. The van der Waals surface area contributed by atoms with Crippen LogP contribution in [0.2, 0.25) is 0 Å². The molecule has 2 aromatic heterocycles. The number of carbonyl (C=O) groups is 2. The van der Waals surface area contributed by atoms with Crippen LogP contribution in [-0.4, -0.2) is 60.7 Å². The van der Waals surface area contributed by atoms with E-state index in [1.54, 1.807) is 23.7 Å². The molecule has 0 spiro atoms. The summed E-state index contributed by atoms with van der Waals surface area (Å²) < 4.78 is 13.2. The van der Waals surface area contributed by atoms with Crippen LogP contribution in [0, 0.1) is 12.8 Å². The Morgan fingerprint density at radius 2 is 2.06 bits per heavy atom. The molecule has 2 aliphatic rings. The van der Waals surface area contributed by atoms with Gasteiger partial charge in [-0.15, -0.1) is 5.10 Å². The number of carboxylic acid groups (broad SMARTS) is 1. The first kappa shape index (κ1) is 23.0. The predicted molar refractivity (Wildman–Crippen MR) is 119 cm³/mol. The molecule has 0 aromatic carbocycles. The third-order valence-electron chi connectivity index (χ3n) is 6.86. The van der Waals surface area contributed by atoms with Gasteiger partial charge in [-0.2, -0.15) is 0 Å². The maximum atomic E-state index is 12.4. The molecule has 0 bridgehead atoms. The van der Waals surface area contributed by atoms with Crippen molar-refractivity contribution in [3.63, 3.8) is 0 Å². The molecule has 2 saturated carbocycles. The molecule has 4 rings (SSSR count). The molecule has 2 heterocycles. The molecule has 1 N–H and O–H groups in total. The summed E-state index contributed by atoms with van der Waals surface area (Å²) in [7, 11) is 3.51. The quantitative estimate of drug-likeness (QED) is 0.641. The summed E-state index contributed by atoms with van der Waals surface area (Å²) in [6.07, 6.45) is 4.21. The first-order chi connectivity index (χ1) is 15.7. The Morgan fingerprint density at radius 1 is 1.30 bits per heavy atom. The summed E-state index contributed by atoms with van der Waals surface area (Å²) in [5, 5.41) is 17.3. The lowest BCUT2D eigenvalue weighted by Crippen LogP contribution is -2.37. The topological polar surface area (TPSA) is 120 Å². The number of pyridine rings is 1. The van der Waals surface area contributed by atoms with Crippen molar-refractivity contribution in [2.75, 3.05) is 7.05 Å². The number of nitrogens with zero attached hydrogens (tertiary/aromatic N) is 5. The van der Waals surface area contributed by atoms with E-state index in [0.29, 0.717) is 28.5 Å². The molecule has 0 saturated heterocycles. The highest BCUT2D eigenvalue weighted by molar-refractivity contribution is 5.69. The second kappa shape index (κ2) is 8.99. The second-order valence-corrected chi connectivity index (χ2v) is 9.42. The van der Waals surface area contributed by atoms with Crippen LogP contribution in [0.15, 0.2) is 12.1 Å². The zero-order valence-corrected chi connectivity index (χ0v) is 19.6. The predicted octanol–water partition coefficient (Wildman–Crippen LogP) is 3.33. The minimum atomic E-state index is -0.762. The summed E-state index contributed by atoms with van der Waals surface area (Å²) in [5.41, 5.74) is 2.44. The van der Waals surface area contributed by atoms with Crippen LogP contribution in [-0.2, 0) is 23.2 Å². The number of aromatic nitrogens is 4. The first-order valence-corrected chi connectivity index (χ1v) is 11.3. The molecule has 2 atom stereocenters. The fraction of sp³-hybridized carbons (Fsp3) is 0.609. The van der Waals surface area contributed by atoms with Gasteiger partial charge in [0.15, 0.2) is 0 Å². The number of rotatable bonds is 8. The van der Waals surface area contributed by atoms with Crippen LogP contribution in [0.5, 0.6) is 5.75 Å². The maximum absolute atomic E-state index is 12.4. The van der Waals surface area contributed by atoms with Gasteiger partial charge in [0.2, 0.25) is 0 Å². The number of ether oxygens (including phenoxy) is 2. The van der Waals surface area contributed by atoms with Gasteiger partial charge in [-0.1, -0.05) is 5.21 Å². The normalized spacial score (nSPS) is 21.0. The second-order valence-electron chi connectivity index (χ2n) is 9.42. The molecule has 2 fully saturated rings. The largest absolute Gasteiger partial charge is 0.489 e. The van der Waals surface area contributed by atoms with Gasteiger partial charge in [0.1, 0.15) is 23.7 Å². The van der Waals surface area contributed by atoms with Gasteiger partial charge in [0, 0.05) is 26.1 Å². The van der Waals surface area contributed by atoms with Crippen LogP contribution in [0.25, 0.3) is 11.4 Å². The van der Waals surface area contributed by atoms with E-state index in [4.69, 9.17) is 14.6 Å². The number of amides is 1. The summed E-state index contributed by atoms with van der Waals surface area (Å²) in [6.45, 7) is 3.95. The van der Waals surface area contributed by atoms with Crippen molar-refractivity contribution in [1.29, 1.82) is 0 Å². The molecule has 10 nitrogen and oxygen atoms in total. The molecule has 0 aliphatic heterocycles. The van der Waals surface area contributed by atoms with E-state index in [1.165, 1.54) is 0 Å². The smallest absolute Gasteiger partial charge is 0.410 e. The van der Waals surface area contributed by atoms with Crippen molar-refractivity contribution in [2.45, 2.75) is 70.6 Å². The number of carboxylic acids is 1. The highest BCUT2D eigenvalue weighted by Gasteiger charge is 2.44. The average molecular weight is 458 g/mol. The third kappa shape index (κ3) is 5.09. The molecule has 10 heteroatoms. The van der Waals surface area contributed by atoms with Crippen LogP contribution < -0.4 is 4.74 Å². The summed E-state index contributed by atoms with van der Waals surface area (Å²) in [5.74, 6) is 0.0732. The van der Waals surface area contributed by atoms with Crippen molar-refractivity contribution in [2.24, 2.45) is 13.0 Å². The van der Waals surface area contributed by atoms with Crippen LogP contribution in [0.1, 0.15) is 56.8 Å². The molecule has 2 aromatic rings. The van der Waals surface area contributed by atoms with Crippen LogP contribution in [0.4, 0.5) is 4.79 Å². The highest BCUT2D eigenvalue weighted by atomic mass is 16.6. The van der Waals surface area contributed by atoms with Crippen molar-refractivity contribution in [1.82, 2.24) is 24.9 Å². The summed E-state index contributed by atoms with van der Waals surface area (Å²) in [4.78, 5) is 29.7.